The molecule has 0 aliphatic carbocycles. The molecule has 2 heterocycles. The van der Waals surface area contributed by atoms with Crippen molar-refractivity contribution in [3.63, 3.8) is 0 Å². The van der Waals surface area contributed by atoms with Crippen LogP contribution in [0.1, 0.15) is 11.6 Å². The van der Waals surface area contributed by atoms with Crippen LogP contribution in [0.25, 0.3) is 0 Å². The van der Waals surface area contributed by atoms with Crippen molar-refractivity contribution in [1.29, 1.82) is 0 Å². The van der Waals surface area contributed by atoms with Crippen molar-refractivity contribution < 1.29 is 8.42 Å². The van der Waals surface area contributed by atoms with E-state index < -0.39 is 9.84 Å². The number of aryl methyl sites for hydroxylation is 1. The summed E-state index contributed by atoms with van der Waals surface area (Å²) in [7, 11) is -2.89. The van der Waals surface area contributed by atoms with Crippen molar-refractivity contribution in [1.82, 2.24) is 14.8 Å². The van der Waals surface area contributed by atoms with Gasteiger partial charge in [-0.05, 0) is 0 Å². The number of sulfone groups is 1. The van der Waals surface area contributed by atoms with Crippen LogP contribution in [0.4, 0.5) is 0 Å². The van der Waals surface area contributed by atoms with Crippen molar-refractivity contribution >= 4 is 25.8 Å². The maximum Gasteiger partial charge on any atom is 0.152 e. The molecule has 0 saturated heterocycles. The van der Waals surface area contributed by atoms with E-state index in [4.69, 9.17) is 0 Å². The van der Waals surface area contributed by atoms with Gasteiger partial charge >= 0.3 is 0 Å². The molecule has 1 aliphatic heterocycles. The molecule has 0 unspecified atom stereocenters. The maximum absolute atomic E-state index is 11.4. The van der Waals surface area contributed by atoms with E-state index in [9.17, 15) is 8.42 Å². The second kappa shape index (κ2) is 3.62. The third-order valence-corrected chi connectivity index (χ3v) is 4.42. The van der Waals surface area contributed by atoms with E-state index in [-0.39, 0.29) is 11.5 Å². The van der Waals surface area contributed by atoms with E-state index >= 15 is 0 Å². The van der Waals surface area contributed by atoms with Crippen LogP contribution in [0.5, 0.6) is 0 Å². The lowest BCUT2D eigenvalue weighted by Gasteiger charge is -2.02. The molecule has 1 aromatic heterocycles. The molecule has 0 saturated carbocycles. The van der Waals surface area contributed by atoms with E-state index in [1.165, 1.54) is 0 Å². The summed E-state index contributed by atoms with van der Waals surface area (Å²) < 4.78 is 24.6. The number of hydrogen-bond donors (Lipinski definition) is 0. The third-order valence-electron chi connectivity index (χ3n) is 2.29. The van der Waals surface area contributed by atoms with Gasteiger partial charge in [0.1, 0.15) is 11.6 Å². The van der Waals surface area contributed by atoms with Crippen LogP contribution in [-0.4, -0.2) is 34.7 Å². The van der Waals surface area contributed by atoms with Gasteiger partial charge in [0.15, 0.2) is 9.84 Å². The van der Waals surface area contributed by atoms with Gasteiger partial charge in [0.25, 0.3) is 0 Å². The molecule has 1 aromatic rings. The average Bonchev–Trinajstić information content (AvgIpc) is 2.47. The van der Waals surface area contributed by atoms with Crippen LogP contribution in [0.15, 0.2) is 0 Å². The number of rotatable bonds is 1. The fraction of sp³-hybridized carbons (Fsp3) is 0.714. The smallest absolute Gasteiger partial charge is 0.152 e. The van der Waals surface area contributed by atoms with E-state index in [1.54, 1.807) is 0 Å². The van der Waals surface area contributed by atoms with Crippen LogP contribution in [-0.2, 0) is 28.1 Å². The molecule has 0 radical (unpaired) electrons. The molecule has 2 rings (SSSR count). The van der Waals surface area contributed by atoms with Crippen molar-refractivity contribution in [2.75, 3.05) is 11.5 Å². The number of nitrogens with zero attached hydrogens (tertiary/aromatic N) is 3. The van der Waals surface area contributed by atoms with Gasteiger partial charge in [0.2, 0.25) is 0 Å². The van der Waals surface area contributed by atoms with Gasteiger partial charge < -0.3 is 4.57 Å². The second-order valence-corrected chi connectivity index (χ2v) is 6.08. The Balaban J connectivity index is 2.35. The largest absolute Gasteiger partial charge is 0.313 e. The Morgan fingerprint density at radius 3 is 2.86 bits per heavy atom. The van der Waals surface area contributed by atoms with E-state index in [2.05, 4.69) is 26.1 Å². The van der Waals surface area contributed by atoms with E-state index in [0.29, 0.717) is 18.3 Å². The molecule has 7 heteroatoms. The molecule has 0 bridgehead atoms. The summed E-state index contributed by atoms with van der Waals surface area (Å²) >= 11 is 3.30. The topological polar surface area (TPSA) is 64.8 Å². The Labute approximate surface area is 90.6 Å². The molecule has 1 aliphatic rings. The minimum absolute atomic E-state index is 0.188. The minimum atomic E-state index is -2.89. The van der Waals surface area contributed by atoms with Gasteiger partial charge in [-0.2, -0.15) is 0 Å². The van der Waals surface area contributed by atoms with Crippen LogP contribution in [0.2, 0.25) is 0 Å². The first-order valence-electron chi connectivity index (χ1n) is 4.30. The lowest BCUT2D eigenvalue weighted by Crippen LogP contribution is -2.13. The summed E-state index contributed by atoms with van der Waals surface area (Å²) in [5.74, 6) is 1.96. The molecular formula is C7H10BrN3O2S. The van der Waals surface area contributed by atoms with Gasteiger partial charge in [0, 0.05) is 13.0 Å². The molecule has 0 spiro atoms. The summed E-state index contributed by atoms with van der Waals surface area (Å²) in [6.45, 7) is 0.478. The Kier molecular flexibility index (Phi) is 2.61. The quantitative estimate of drug-likeness (QED) is 0.687. The van der Waals surface area contributed by atoms with Crippen molar-refractivity contribution in [3.8, 4) is 0 Å². The van der Waals surface area contributed by atoms with E-state index in [1.807, 2.05) is 4.57 Å². The molecule has 0 amide bonds. The Hall–Kier alpha value is -0.430. The lowest BCUT2D eigenvalue weighted by molar-refractivity contribution is 0.592. The van der Waals surface area contributed by atoms with Gasteiger partial charge in [0.05, 0.1) is 16.8 Å². The van der Waals surface area contributed by atoms with Crippen molar-refractivity contribution in [2.24, 2.45) is 0 Å². The van der Waals surface area contributed by atoms with Crippen LogP contribution >= 0.6 is 15.9 Å². The third kappa shape index (κ3) is 1.83. The van der Waals surface area contributed by atoms with Gasteiger partial charge in [-0.1, -0.05) is 15.9 Å². The SMILES string of the molecule is O=S1(=O)CCc2nnc(CBr)n2CC1. The van der Waals surface area contributed by atoms with Gasteiger partial charge in [-0.3, -0.25) is 0 Å². The molecule has 0 atom stereocenters. The predicted octanol–water partition coefficient (Wildman–Crippen LogP) is 0.144. The monoisotopic (exact) mass is 279 g/mol. The molecule has 14 heavy (non-hydrogen) atoms. The normalized spacial score (nSPS) is 20.1. The molecule has 5 nitrogen and oxygen atoms in total. The van der Waals surface area contributed by atoms with Crippen LogP contribution in [0.3, 0.4) is 0 Å². The van der Waals surface area contributed by atoms with Crippen molar-refractivity contribution in [2.45, 2.75) is 18.3 Å². The zero-order valence-corrected chi connectivity index (χ0v) is 9.88. The average molecular weight is 280 g/mol. The summed E-state index contributed by atoms with van der Waals surface area (Å²) in [4.78, 5) is 0. The van der Waals surface area contributed by atoms with Crippen LogP contribution in [0, 0.1) is 0 Å². The highest BCUT2D eigenvalue weighted by Crippen LogP contribution is 2.12. The maximum atomic E-state index is 11.4. The number of aromatic nitrogens is 3. The molecule has 0 aromatic carbocycles. The molecule has 0 N–H and O–H groups in total. The fourth-order valence-corrected chi connectivity index (χ4v) is 3.07. The second-order valence-electron chi connectivity index (χ2n) is 3.22. The highest BCUT2D eigenvalue weighted by atomic mass is 79.9. The standard InChI is InChI=1S/C7H10BrN3O2S/c8-5-7-10-9-6-1-3-14(12,13)4-2-11(6)7/h1-5H2. The van der Waals surface area contributed by atoms with Gasteiger partial charge in [-0.15, -0.1) is 10.2 Å². The first-order chi connectivity index (χ1) is 6.62. The molecular weight excluding hydrogens is 270 g/mol. The molecule has 78 valence electrons. The zero-order chi connectivity index (χ0) is 10.2. The lowest BCUT2D eigenvalue weighted by atomic mass is 10.4. The fourth-order valence-electron chi connectivity index (χ4n) is 1.49. The van der Waals surface area contributed by atoms with E-state index in [0.717, 1.165) is 11.6 Å². The first kappa shape index (κ1) is 10.1. The first-order valence-corrected chi connectivity index (χ1v) is 7.24. The Morgan fingerprint density at radius 2 is 2.14 bits per heavy atom. The number of hydrogen-bond acceptors (Lipinski definition) is 4. The van der Waals surface area contributed by atoms with Crippen molar-refractivity contribution in [3.05, 3.63) is 11.6 Å². The number of alkyl halides is 1. The minimum Gasteiger partial charge on any atom is -0.313 e. The Bertz CT molecular complexity index is 440. The number of halogens is 1. The predicted molar refractivity (Wildman–Crippen MR) is 55.0 cm³/mol. The van der Waals surface area contributed by atoms with Crippen LogP contribution < -0.4 is 0 Å². The van der Waals surface area contributed by atoms with Gasteiger partial charge in [-0.25, -0.2) is 8.42 Å². The summed E-state index contributed by atoms with van der Waals surface area (Å²) in [6.07, 6.45) is 0.475. The summed E-state index contributed by atoms with van der Waals surface area (Å²) in [6, 6.07) is 0. The Morgan fingerprint density at radius 1 is 1.36 bits per heavy atom. The summed E-state index contributed by atoms with van der Waals surface area (Å²) in [5, 5.41) is 8.56. The highest BCUT2D eigenvalue weighted by Gasteiger charge is 2.21. The molecule has 0 fully saturated rings. The number of fused-ring (bicyclic) bond motifs is 1. The zero-order valence-electron chi connectivity index (χ0n) is 7.48. The summed E-state index contributed by atoms with van der Waals surface area (Å²) in [5.41, 5.74) is 0. The highest BCUT2D eigenvalue weighted by molar-refractivity contribution is 9.08.